The van der Waals surface area contributed by atoms with Gasteiger partial charge in [0.05, 0.1) is 18.3 Å². The Bertz CT molecular complexity index is 818. The first-order valence-electron chi connectivity index (χ1n) is 8.42. The van der Waals surface area contributed by atoms with Gasteiger partial charge >= 0.3 is 0 Å². The third kappa shape index (κ3) is 3.74. The maximum Gasteiger partial charge on any atom is 0.241 e. The second kappa shape index (κ2) is 7.10. The number of benzene rings is 1. The Kier molecular flexibility index (Phi) is 4.51. The Labute approximate surface area is 144 Å². The molecule has 2 aromatic heterocycles. The number of hydrogen-bond donors (Lipinski definition) is 0. The lowest BCUT2D eigenvalue weighted by Crippen LogP contribution is -2.36. The van der Waals surface area contributed by atoms with Crippen LogP contribution in [0.5, 0.6) is 0 Å². The fourth-order valence-electron chi connectivity index (χ4n) is 3.30. The van der Waals surface area contributed by atoms with Gasteiger partial charge in [-0.2, -0.15) is 4.98 Å². The summed E-state index contributed by atoms with van der Waals surface area (Å²) in [5, 5.41) is 11.8. The predicted octanol–water partition coefficient (Wildman–Crippen LogP) is 2.38. The molecule has 1 aromatic carbocycles. The van der Waals surface area contributed by atoms with Gasteiger partial charge in [0.2, 0.25) is 11.7 Å². The molecule has 0 spiro atoms. The molecule has 1 unspecified atom stereocenters. The first kappa shape index (κ1) is 15.9. The van der Waals surface area contributed by atoms with Gasteiger partial charge in [0, 0.05) is 19.3 Å². The van der Waals surface area contributed by atoms with E-state index in [1.807, 2.05) is 10.9 Å². The number of likely N-dealkylation sites (tertiary alicyclic amines) is 1. The average Bonchev–Trinajstić information content (AvgIpc) is 3.28. The van der Waals surface area contributed by atoms with Crippen molar-refractivity contribution in [1.82, 2.24) is 30.0 Å². The molecule has 8 heteroatoms. The average molecular weight is 342 g/mol. The monoisotopic (exact) mass is 342 g/mol. The van der Waals surface area contributed by atoms with Crippen molar-refractivity contribution in [2.75, 3.05) is 13.1 Å². The van der Waals surface area contributed by atoms with E-state index < -0.39 is 0 Å². The van der Waals surface area contributed by atoms with E-state index in [0.717, 1.165) is 26.1 Å². The van der Waals surface area contributed by atoms with Gasteiger partial charge in [-0.25, -0.2) is 4.39 Å². The molecule has 1 fully saturated rings. The van der Waals surface area contributed by atoms with Gasteiger partial charge in [0.15, 0.2) is 0 Å². The van der Waals surface area contributed by atoms with Crippen molar-refractivity contribution in [3.8, 4) is 11.4 Å². The lowest BCUT2D eigenvalue weighted by atomic mass is 9.98. The molecule has 0 bridgehead atoms. The molecular formula is C17H19FN6O. The van der Waals surface area contributed by atoms with E-state index >= 15 is 0 Å². The van der Waals surface area contributed by atoms with Crippen LogP contribution in [0.1, 0.15) is 18.7 Å². The fraction of sp³-hybridized carbons (Fsp3) is 0.412. The molecule has 0 amide bonds. The summed E-state index contributed by atoms with van der Waals surface area (Å²) in [4.78, 5) is 6.64. The first-order chi connectivity index (χ1) is 12.3. The van der Waals surface area contributed by atoms with Crippen LogP contribution < -0.4 is 0 Å². The molecule has 4 rings (SSSR count). The molecule has 1 aliphatic heterocycles. The molecule has 0 aliphatic carbocycles. The number of aromatic nitrogens is 5. The number of nitrogens with zero attached hydrogens (tertiary/aromatic N) is 6. The first-order valence-corrected chi connectivity index (χ1v) is 8.42. The van der Waals surface area contributed by atoms with Crippen molar-refractivity contribution < 1.29 is 8.91 Å². The van der Waals surface area contributed by atoms with Gasteiger partial charge in [0.25, 0.3) is 0 Å². The highest BCUT2D eigenvalue weighted by Crippen LogP contribution is 2.22. The Balaban J connectivity index is 1.39. The minimum Gasteiger partial charge on any atom is -0.338 e. The second-order valence-corrected chi connectivity index (χ2v) is 6.36. The predicted molar refractivity (Wildman–Crippen MR) is 87.7 cm³/mol. The SMILES string of the molecule is Fc1ccccc1-c1noc(CN2CCCC(Cn3ccnn3)C2)n1. The molecule has 1 atom stereocenters. The molecule has 3 aromatic rings. The zero-order chi connectivity index (χ0) is 17.1. The third-order valence-corrected chi connectivity index (χ3v) is 4.46. The summed E-state index contributed by atoms with van der Waals surface area (Å²) in [6.07, 6.45) is 5.87. The Morgan fingerprint density at radius 3 is 3.04 bits per heavy atom. The topological polar surface area (TPSA) is 72.9 Å². The fourth-order valence-corrected chi connectivity index (χ4v) is 3.30. The van der Waals surface area contributed by atoms with Gasteiger partial charge in [-0.05, 0) is 37.4 Å². The largest absolute Gasteiger partial charge is 0.338 e. The summed E-state index contributed by atoms with van der Waals surface area (Å²) >= 11 is 0. The zero-order valence-corrected chi connectivity index (χ0v) is 13.8. The molecule has 130 valence electrons. The number of halogens is 1. The molecule has 3 heterocycles. The normalized spacial score (nSPS) is 18.5. The molecule has 25 heavy (non-hydrogen) atoms. The zero-order valence-electron chi connectivity index (χ0n) is 13.8. The highest BCUT2D eigenvalue weighted by atomic mass is 19.1. The van der Waals surface area contributed by atoms with Crippen LogP contribution in [0.4, 0.5) is 4.39 Å². The van der Waals surface area contributed by atoms with Crippen LogP contribution in [0, 0.1) is 11.7 Å². The van der Waals surface area contributed by atoms with E-state index in [0.29, 0.717) is 29.7 Å². The van der Waals surface area contributed by atoms with E-state index in [2.05, 4.69) is 25.4 Å². The lowest BCUT2D eigenvalue weighted by Gasteiger charge is -2.31. The minimum atomic E-state index is -0.347. The number of hydrogen-bond acceptors (Lipinski definition) is 6. The van der Waals surface area contributed by atoms with E-state index in [4.69, 9.17) is 4.52 Å². The highest BCUT2D eigenvalue weighted by molar-refractivity contribution is 5.54. The smallest absolute Gasteiger partial charge is 0.241 e. The molecule has 1 aliphatic rings. The molecular weight excluding hydrogens is 323 g/mol. The standard InChI is InChI=1S/C17H19FN6O/c18-15-6-2-1-5-14(15)17-20-16(25-21-17)12-23-8-3-4-13(10-23)11-24-9-7-19-22-24/h1-2,5-7,9,13H,3-4,8,10-12H2. The molecule has 1 saturated heterocycles. The number of rotatable bonds is 5. The van der Waals surface area contributed by atoms with E-state index in [-0.39, 0.29) is 5.82 Å². The maximum atomic E-state index is 13.8. The van der Waals surface area contributed by atoms with Crippen molar-refractivity contribution >= 4 is 0 Å². The van der Waals surface area contributed by atoms with E-state index in [1.165, 1.54) is 12.5 Å². The molecule has 0 radical (unpaired) electrons. The van der Waals surface area contributed by atoms with Gasteiger partial charge in [0.1, 0.15) is 5.82 Å². The maximum absolute atomic E-state index is 13.8. The highest BCUT2D eigenvalue weighted by Gasteiger charge is 2.22. The molecule has 7 nitrogen and oxygen atoms in total. The summed E-state index contributed by atoms with van der Waals surface area (Å²) < 4.78 is 21.0. The van der Waals surface area contributed by atoms with Gasteiger partial charge in [-0.1, -0.05) is 22.5 Å². The van der Waals surface area contributed by atoms with Gasteiger partial charge in [-0.15, -0.1) is 5.10 Å². The summed E-state index contributed by atoms with van der Waals surface area (Å²) in [5.74, 6) is 0.981. The quantitative estimate of drug-likeness (QED) is 0.709. The van der Waals surface area contributed by atoms with E-state index in [9.17, 15) is 4.39 Å². The van der Waals surface area contributed by atoms with Crippen LogP contribution in [0.15, 0.2) is 41.2 Å². The van der Waals surface area contributed by atoms with Crippen LogP contribution >= 0.6 is 0 Å². The van der Waals surface area contributed by atoms with Crippen molar-refractivity contribution in [2.45, 2.75) is 25.9 Å². The van der Waals surface area contributed by atoms with Crippen molar-refractivity contribution in [1.29, 1.82) is 0 Å². The van der Waals surface area contributed by atoms with Crippen LogP contribution in [0.2, 0.25) is 0 Å². The molecule has 0 saturated carbocycles. The third-order valence-electron chi connectivity index (χ3n) is 4.46. The Hall–Kier alpha value is -2.61. The minimum absolute atomic E-state index is 0.296. The van der Waals surface area contributed by atoms with Crippen LogP contribution in [0.3, 0.4) is 0 Å². The van der Waals surface area contributed by atoms with E-state index in [1.54, 1.807) is 24.4 Å². The summed E-state index contributed by atoms with van der Waals surface area (Å²) in [6, 6.07) is 6.44. The van der Waals surface area contributed by atoms with Crippen LogP contribution in [-0.4, -0.2) is 43.1 Å². The Morgan fingerprint density at radius 1 is 1.28 bits per heavy atom. The summed E-state index contributed by atoms with van der Waals surface area (Å²) in [7, 11) is 0. The second-order valence-electron chi connectivity index (χ2n) is 6.36. The van der Waals surface area contributed by atoms with Crippen molar-refractivity contribution in [3.05, 3.63) is 48.4 Å². The Morgan fingerprint density at radius 2 is 2.20 bits per heavy atom. The van der Waals surface area contributed by atoms with Crippen LogP contribution in [0.25, 0.3) is 11.4 Å². The van der Waals surface area contributed by atoms with Crippen molar-refractivity contribution in [2.24, 2.45) is 5.92 Å². The lowest BCUT2D eigenvalue weighted by molar-refractivity contribution is 0.138. The van der Waals surface area contributed by atoms with Crippen molar-refractivity contribution in [3.63, 3.8) is 0 Å². The van der Waals surface area contributed by atoms with Crippen LogP contribution in [-0.2, 0) is 13.1 Å². The van der Waals surface area contributed by atoms with Gasteiger partial charge in [-0.3, -0.25) is 9.58 Å². The summed E-state index contributed by atoms with van der Waals surface area (Å²) in [6.45, 7) is 3.37. The molecule has 0 N–H and O–H groups in total. The van der Waals surface area contributed by atoms with Gasteiger partial charge < -0.3 is 4.52 Å². The summed E-state index contributed by atoms with van der Waals surface area (Å²) in [5.41, 5.74) is 0.361. The number of piperidine rings is 1.